The quantitative estimate of drug-likeness (QED) is 0.296. The molecule has 2 aromatic heterocycles. The number of anilines is 1. The number of rotatable bonds is 11. The summed E-state index contributed by atoms with van der Waals surface area (Å²) in [5.41, 5.74) is 1.93. The molecular weight excluding hydrogens is 452 g/mol. The molecule has 0 saturated heterocycles. The summed E-state index contributed by atoms with van der Waals surface area (Å²) in [7, 11) is 0. The van der Waals surface area contributed by atoms with Crippen LogP contribution in [0, 0.1) is 0 Å². The van der Waals surface area contributed by atoms with Crippen molar-refractivity contribution in [1.82, 2.24) is 14.8 Å². The summed E-state index contributed by atoms with van der Waals surface area (Å²) >= 11 is 3.11. The van der Waals surface area contributed by atoms with Crippen molar-refractivity contribution in [2.75, 3.05) is 17.7 Å². The van der Waals surface area contributed by atoms with Gasteiger partial charge in [0, 0.05) is 17.8 Å². The maximum atomic E-state index is 12.7. The van der Waals surface area contributed by atoms with Gasteiger partial charge in [0.05, 0.1) is 18.0 Å². The van der Waals surface area contributed by atoms with Crippen molar-refractivity contribution >= 4 is 34.7 Å². The molecule has 4 aromatic rings. The van der Waals surface area contributed by atoms with Crippen molar-refractivity contribution < 1.29 is 9.53 Å². The minimum atomic E-state index is -0.107. The van der Waals surface area contributed by atoms with E-state index in [2.05, 4.69) is 43.7 Å². The van der Waals surface area contributed by atoms with Gasteiger partial charge in [-0.25, -0.2) is 0 Å². The van der Waals surface area contributed by atoms with E-state index in [1.54, 1.807) is 11.3 Å². The molecule has 0 saturated carbocycles. The van der Waals surface area contributed by atoms with E-state index >= 15 is 0 Å². The first-order valence-corrected chi connectivity index (χ1v) is 12.7. The van der Waals surface area contributed by atoms with Gasteiger partial charge in [0.1, 0.15) is 11.6 Å². The van der Waals surface area contributed by atoms with E-state index in [1.165, 1.54) is 22.2 Å². The van der Waals surface area contributed by atoms with Crippen molar-refractivity contribution in [1.29, 1.82) is 0 Å². The molecule has 2 aromatic carbocycles. The van der Waals surface area contributed by atoms with Gasteiger partial charge in [0.2, 0.25) is 5.91 Å². The lowest BCUT2D eigenvalue weighted by Gasteiger charge is -2.12. The molecule has 0 aliphatic heterocycles. The molecule has 0 unspecified atom stereocenters. The Bertz CT molecular complexity index is 1160. The lowest BCUT2D eigenvalue weighted by Crippen LogP contribution is -2.16. The highest BCUT2D eigenvalue weighted by atomic mass is 32.2. The van der Waals surface area contributed by atoms with E-state index < -0.39 is 0 Å². The number of nitrogens with one attached hydrogen (secondary N) is 1. The molecular formula is C25H26N4O2S2. The number of nitrogens with zero attached hydrogens (tertiary/aromatic N) is 3. The minimum absolute atomic E-state index is 0.107. The SMILES string of the molecule is CCOc1ccccc1NC(=O)CSc1nnc(Cc2cccs2)n1CCc1ccccc1. The molecule has 4 rings (SSSR count). The first kappa shape index (κ1) is 23.1. The number of para-hydroxylation sites is 2. The third-order valence-corrected chi connectivity index (χ3v) is 6.81. The Balaban J connectivity index is 1.44. The van der Waals surface area contributed by atoms with Crippen LogP contribution in [0.25, 0.3) is 0 Å². The number of carbonyl (C=O) groups is 1. The molecule has 0 aliphatic carbocycles. The van der Waals surface area contributed by atoms with E-state index in [1.807, 2.05) is 55.5 Å². The smallest absolute Gasteiger partial charge is 0.234 e. The standard InChI is InChI=1S/C25H26N4O2S2/c1-2-31-22-13-7-6-12-21(22)26-24(30)18-33-25-28-27-23(17-20-11-8-16-32-20)29(25)15-14-19-9-4-3-5-10-19/h3-13,16H,2,14-15,17-18H2,1H3,(H,26,30). The number of benzene rings is 2. The number of hydrogen-bond donors (Lipinski definition) is 1. The fourth-order valence-corrected chi connectivity index (χ4v) is 4.89. The molecule has 2 heterocycles. The van der Waals surface area contributed by atoms with Gasteiger partial charge in [0.25, 0.3) is 0 Å². The van der Waals surface area contributed by atoms with Crippen LogP contribution in [0.3, 0.4) is 0 Å². The zero-order chi connectivity index (χ0) is 22.9. The molecule has 0 aliphatic rings. The summed E-state index contributed by atoms with van der Waals surface area (Å²) in [6, 6.07) is 22.0. The third-order valence-electron chi connectivity index (χ3n) is 4.97. The number of hydrogen-bond acceptors (Lipinski definition) is 6. The topological polar surface area (TPSA) is 69.0 Å². The predicted molar refractivity (Wildman–Crippen MR) is 134 cm³/mol. The zero-order valence-electron chi connectivity index (χ0n) is 18.4. The summed E-state index contributed by atoms with van der Waals surface area (Å²) in [6.07, 6.45) is 1.60. The van der Waals surface area contributed by atoms with Gasteiger partial charge in [-0.3, -0.25) is 4.79 Å². The van der Waals surface area contributed by atoms with E-state index in [0.717, 1.165) is 30.4 Å². The normalized spacial score (nSPS) is 10.8. The molecule has 1 N–H and O–H groups in total. The van der Waals surface area contributed by atoms with Crippen LogP contribution in [-0.2, 0) is 24.2 Å². The lowest BCUT2D eigenvalue weighted by molar-refractivity contribution is -0.113. The Morgan fingerprint density at radius 2 is 1.88 bits per heavy atom. The van der Waals surface area contributed by atoms with Gasteiger partial charge in [-0.1, -0.05) is 60.3 Å². The molecule has 0 spiro atoms. The summed E-state index contributed by atoms with van der Waals surface area (Å²) < 4.78 is 7.74. The summed E-state index contributed by atoms with van der Waals surface area (Å²) in [5, 5.41) is 14.6. The second kappa shape index (κ2) is 11.7. The largest absolute Gasteiger partial charge is 0.492 e. The molecule has 170 valence electrons. The maximum Gasteiger partial charge on any atom is 0.234 e. The first-order chi connectivity index (χ1) is 16.2. The van der Waals surface area contributed by atoms with Gasteiger partial charge >= 0.3 is 0 Å². The highest BCUT2D eigenvalue weighted by molar-refractivity contribution is 7.99. The van der Waals surface area contributed by atoms with Crippen LogP contribution in [0.4, 0.5) is 5.69 Å². The van der Waals surface area contributed by atoms with E-state index in [4.69, 9.17) is 4.74 Å². The summed E-state index contributed by atoms with van der Waals surface area (Å²) in [4.78, 5) is 13.9. The molecule has 0 bridgehead atoms. The van der Waals surface area contributed by atoms with Crippen LogP contribution >= 0.6 is 23.1 Å². The maximum absolute atomic E-state index is 12.7. The number of thiophene rings is 1. The average molecular weight is 479 g/mol. The Labute approximate surface area is 202 Å². The summed E-state index contributed by atoms with van der Waals surface area (Å²) in [5.74, 6) is 1.72. The molecule has 0 atom stereocenters. The van der Waals surface area contributed by atoms with Gasteiger partial charge in [-0.05, 0) is 42.5 Å². The predicted octanol–water partition coefficient (Wildman–Crippen LogP) is 5.30. The van der Waals surface area contributed by atoms with Gasteiger partial charge in [-0.15, -0.1) is 21.5 Å². The zero-order valence-corrected chi connectivity index (χ0v) is 20.1. The van der Waals surface area contributed by atoms with Gasteiger partial charge < -0.3 is 14.6 Å². The van der Waals surface area contributed by atoms with E-state index in [0.29, 0.717) is 18.0 Å². The monoisotopic (exact) mass is 478 g/mol. The fourth-order valence-electron chi connectivity index (χ4n) is 3.40. The van der Waals surface area contributed by atoms with E-state index in [9.17, 15) is 4.79 Å². The Morgan fingerprint density at radius 3 is 2.67 bits per heavy atom. The third kappa shape index (κ3) is 6.46. The highest BCUT2D eigenvalue weighted by Crippen LogP contribution is 2.25. The number of amides is 1. The second-order valence-electron chi connectivity index (χ2n) is 7.31. The van der Waals surface area contributed by atoms with Crippen LogP contribution in [0.1, 0.15) is 23.2 Å². The van der Waals surface area contributed by atoms with Crippen LogP contribution in [0.2, 0.25) is 0 Å². The Kier molecular flexibility index (Phi) is 8.16. The van der Waals surface area contributed by atoms with Crippen LogP contribution in [0.5, 0.6) is 5.75 Å². The number of aromatic nitrogens is 3. The number of thioether (sulfide) groups is 1. The van der Waals surface area contributed by atoms with Gasteiger partial charge in [-0.2, -0.15) is 0 Å². The van der Waals surface area contributed by atoms with Crippen molar-refractivity contribution in [3.8, 4) is 5.75 Å². The van der Waals surface area contributed by atoms with Crippen LogP contribution in [-0.4, -0.2) is 33.0 Å². The number of ether oxygens (including phenoxy) is 1. The molecule has 0 radical (unpaired) electrons. The van der Waals surface area contributed by atoms with Crippen LogP contribution < -0.4 is 10.1 Å². The molecule has 1 amide bonds. The number of carbonyl (C=O) groups excluding carboxylic acids is 1. The van der Waals surface area contributed by atoms with Crippen LogP contribution in [0.15, 0.2) is 77.3 Å². The van der Waals surface area contributed by atoms with Crippen molar-refractivity contribution in [2.45, 2.75) is 31.5 Å². The number of aryl methyl sites for hydroxylation is 1. The molecule has 8 heteroatoms. The van der Waals surface area contributed by atoms with E-state index in [-0.39, 0.29) is 11.7 Å². The lowest BCUT2D eigenvalue weighted by atomic mass is 10.1. The summed E-state index contributed by atoms with van der Waals surface area (Å²) in [6.45, 7) is 3.22. The second-order valence-corrected chi connectivity index (χ2v) is 9.28. The molecule has 6 nitrogen and oxygen atoms in total. The minimum Gasteiger partial charge on any atom is -0.492 e. The van der Waals surface area contributed by atoms with Gasteiger partial charge in [0.15, 0.2) is 5.16 Å². The fraction of sp³-hybridized carbons (Fsp3) is 0.240. The molecule has 33 heavy (non-hydrogen) atoms. The van der Waals surface area contributed by atoms with Crippen molar-refractivity contribution in [2.24, 2.45) is 0 Å². The molecule has 0 fully saturated rings. The average Bonchev–Trinajstić information content (AvgIpc) is 3.49. The van der Waals surface area contributed by atoms with Crippen molar-refractivity contribution in [3.05, 3.63) is 88.4 Å². The first-order valence-electron chi connectivity index (χ1n) is 10.9. The Morgan fingerprint density at radius 1 is 1.06 bits per heavy atom. The van der Waals surface area contributed by atoms with Crippen molar-refractivity contribution in [3.63, 3.8) is 0 Å². The highest BCUT2D eigenvalue weighted by Gasteiger charge is 2.16. The Hall–Kier alpha value is -3.10.